The number of nitrogens with two attached hydrogens (primary N) is 1. The predicted octanol–water partition coefficient (Wildman–Crippen LogP) is 1.29. The molecule has 7 heteroatoms. The Morgan fingerprint density at radius 3 is 2.80 bits per heavy atom. The van der Waals surface area contributed by atoms with Crippen LogP contribution in [0.25, 0.3) is 11.3 Å². The zero-order chi connectivity index (χ0) is 17.6. The van der Waals surface area contributed by atoms with Crippen molar-refractivity contribution in [1.82, 2.24) is 14.7 Å². The molecule has 1 aliphatic heterocycles. The van der Waals surface area contributed by atoms with Crippen molar-refractivity contribution in [2.75, 3.05) is 39.5 Å². The Balaban J connectivity index is 1.67. The van der Waals surface area contributed by atoms with Gasteiger partial charge in [-0.2, -0.15) is 5.10 Å². The fourth-order valence-electron chi connectivity index (χ4n) is 2.94. The first-order valence-corrected chi connectivity index (χ1v) is 8.50. The molecule has 0 aliphatic carbocycles. The fraction of sp³-hybridized carbons (Fsp3) is 0.444. The summed E-state index contributed by atoms with van der Waals surface area (Å²) in [4.78, 5) is 13.9. The normalized spacial score (nSPS) is 15.2. The lowest BCUT2D eigenvalue weighted by molar-refractivity contribution is 0.0358. The van der Waals surface area contributed by atoms with Gasteiger partial charge in [-0.3, -0.25) is 14.4 Å². The number of ether oxygens (including phenoxy) is 2. The highest BCUT2D eigenvalue weighted by Gasteiger charge is 2.14. The SMILES string of the molecule is Cn1nccc1-c1cc(C(N)=O)ccc1OCCCN1CCOCC1. The molecule has 1 aromatic carbocycles. The third kappa shape index (κ3) is 4.37. The first kappa shape index (κ1) is 17.4. The Morgan fingerprint density at radius 2 is 2.12 bits per heavy atom. The smallest absolute Gasteiger partial charge is 0.248 e. The fourth-order valence-corrected chi connectivity index (χ4v) is 2.94. The molecule has 7 nitrogen and oxygen atoms in total. The number of aryl methyl sites for hydroxylation is 1. The number of primary amides is 1. The van der Waals surface area contributed by atoms with Crippen molar-refractivity contribution in [3.63, 3.8) is 0 Å². The molecular formula is C18H24N4O3. The lowest BCUT2D eigenvalue weighted by Crippen LogP contribution is -2.37. The maximum Gasteiger partial charge on any atom is 0.248 e. The number of benzene rings is 1. The average molecular weight is 344 g/mol. The molecule has 1 amide bonds. The van der Waals surface area contributed by atoms with E-state index in [4.69, 9.17) is 15.2 Å². The largest absolute Gasteiger partial charge is 0.493 e. The Hall–Kier alpha value is -2.38. The van der Waals surface area contributed by atoms with Crippen molar-refractivity contribution in [3.05, 3.63) is 36.0 Å². The molecule has 0 unspecified atom stereocenters. The van der Waals surface area contributed by atoms with Crippen molar-refractivity contribution >= 4 is 5.91 Å². The molecule has 0 atom stereocenters. The second-order valence-electron chi connectivity index (χ2n) is 6.07. The molecule has 25 heavy (non-hydrogen) atoms. The van der Waals surface area contributed by atoms with Crippen LogP contribution in [0.1, 0.15) is 16.8 Å². The zero-order valence-electron chi connectivity index (χ0n) is 14.5. The van der Waals surface area contributed by atoms with E-state index < -0.39 is 5.91 Å². The lowest BCUT2D eigenvalue weighted by Gasteiger charge is -2.26. The molecule has 1 saturated heterocycles. The molecule has 1 fully saturated rings. The van der Waals surface area contributed by atoms with Crippen LogP contribution in [0.5, 0.6) is 5.75 Å². The molecule has 0 bridgehead atoms. The van der Waals surface area contributed by atoms with E-state index in [1.165, 1.54) is 0 Å². The molecular weight excluding hydrogens is 320 g/mol. The number of aromatic nitrogens is 2. The Morgan fingerprint density at radius 1 is 1.32 bits per heavy atom. The molecule has 2 N–H and O–H groups in total. The number of hydrogen-bond acceptors (Lipinski definition) is 5. The van der Waals surface area contributed by atoms with E-state index in [-0.39, 0.29) is 0 Å². The van der Waals surface area contributed by atoms with Crippen LogP contribution in [0.3, 0.4) is 0 Å². The first-order chi connectivity index (χ1) is 12.1. The number of morpholine rings is 1. The summed E-state index contributed by atoms with van der Waals surface area (Å²) in [5.41, 5.74) is 7.57. The number of rotatable bonds is 7. The highest BCUT2D eigenvalue weighted by atomic mass is 16.5. The number of amides is 1. The van der Waals surface area contributed by atoms with E-state index >= 15 is 0 Å². The van der Waals surface area contributed by atoms with Gasteiger partial charge in [0.25, 0.3) is 0 Å². The van der Waals surface area contributed by atoms with E-state index in [0.29, 0.717) is 12.2 Å². The first-order valence-electron chi connectivity index (χ1n) is 8.50. The molecule has 1 aliphatic rings. The number of hydrogen-bond donors (Lipinski definition) is 1. The summed E-state index contributed by atoms with van der Waals surface area (Å²) in [5.74, 6) is 0.276. The van der Waals surface area contributed by atoms with Gasteiger partial charge < -0.3 is 15.2 Å². The van der Waals surface area contributed by atoms with Gasteiger partial charge in [-0.25, -0.2) is 0 Å². The minimum Gasteiger partial charge on any atom is -0.493 e. The molecule has 0 spiro atoms. The molecule has 134 valence electrons. The second kappa shape index (κ2) is 8.13. The van der Waals surface area contributed by atoms with Crippen LogP contribution in [0.15, 0.2) is 30.5 Å². The summed E-state index contributed by atoms with van der Waals surface area (Å²) in [6.45, 7) is 5.17. The van der Waals surface area contributed by atoms with E-state index in [2.05, 4.69) is 10.00 Å². The van der Waals surface area contributed by atoms with Crippen molar-refractivity contribution in [3.8, 4) is 17.0 Å². The summed E-state index contributed by atoms with van der Waals surface area (Å²) in [7, 11) is 1.86. The van der Waals surface area contributed by atoms with Gasteiger partial charge in [-0.15, -0.1) is 0 Å². The minimum absolute atomic E-state index is 0.455. The average Bonchev–Trinajstić information content (AvgIpc) is 3.05. The van der Waals surface area contributed by atoms with E-state index in [0.717, 1.165) is 56.3 Å². The summed E-state index contributed by atoms with van der Waals surface area (Å²) >= 11 is 0. The van der Waals surface area contributed by atoms with Crippen LogP contribution in [0, 0.1) is 0 Å². The summed E-state index contributed by atoms with van der Waals surface area (Å²) in [6.07, 6.45) is 2.65. The van der Waals surface area contributed by atoms with Gasteiger partial charge in [0.2, 0.25) is 5.91 Å². The maximum absolute atomic E-state index is 11.5. The van der Waals surface area contributed by atoms with Crippen LogP contribution in [-0.2, 0) is 11.8 Å². The summed E-state index contributed by atoms with van der Waals surface area (Å²) in [6, 6.07) is 7.15. The highest BCUT2D eigenvalue weighted by Crippen LogP contribution is 2.30. The monoisotopic (exact) mass is 344 g/mol. The number of carbonyl (C=O) groups is 1. The number of nitrogens with zero attached hydrogens (tertiary/aromatic N) is 3. The Labute approximate surface area is 147 Å². The highest BCUT2D eigenvalue weighted by molar-refractivity contribution is 5.94. The van der Waals surface area contributed by atoms with Crippen molar-refractivity contribution < 1.29 is 14.3 Å². The molecule has 0 radical (unpaired) electrons. The third-order valence-corrected chi connectivity index (χ3v) is 4.34. The van der Waals surface area contributed by atoms with Gasteiger partial charge in [-0.1, -0.05) is 0 Å². The van der Waals surface area contributed by atoms with E-state index in [1.54, 1.807) is 29.1 Å². The molecule has 2 heterocycles. The van der Waals surface area contributed by atoms with Gasteiger partial charge in [0.15, 0.2) is 0 Å². The van der Waals surface area contributed by atoms with Crippen molar-refractivity contribution in [2.24, 2.45) is 12.8 Å². The zero-order valence-corrected chi connectivity index (χ0v) is 14.5. The molecule has 2 aromatic rings. The van der Waals surface area contributed by atoms with Gasteiger partial charge >= 0.3 is 0 Å². The van der Waals surface area contributed by atoms with E-state index in [9.17, 15) is 4.79 Å². The van der Waals surface area contributed by atoms with Gasteiger partial charge in [-0.05, 0) is 30.7 Å². The second-order valence-corrected chi connectivity index (χ2v) is 6.07. The minimum atomic E-state index is -0.456. The summed E-state index contributed by atoms with van der Waals surface area (Å²) in [5, 5.41) is 4.19. The van der Waals surface area contributed by atoms with Gasteiger partial charge in [0, 0.05) is 44.0 Å². The van der Waals surface area contributed by atoms with Crippen LogP contribution in [0.2, 0.25) is 0 Å². The summed E-state index contributed by atoms with van der Waals surface area (Å²) < 4.78 is 13.1. The Bertz CT molecular complexity index is 723. The van der Waals surface area contributed by atoms with E-state index in [1.807, 2.05) is 13.1 Å². The Kier molecular flexibility index (Phi) is 5.67. The molecule has 0 saturated carbocycles. The van der Waals surface area contributed by atoms with Crippen LogP contribution in [0.4, 0.5) is 0 Å². The standard InChI is InChI=1S/C18H24N4O3/c1-21-16(5-6-20-21)15-13-14(18(19)23)3-4-17(15)25-10-2-7-22-8-11-24-12-9-22/h3-6,13H,2,7-12H2,1H3,(H2,19,23). The van der Waals surface area contributed by atoms with Crippen LogP contribution < -0.4 is 10.5 Å². The lowest BCUT2D eigenvalue weighted by atomic mass is 10.1. The van der Waals surface area contributed by atoms with Crippen molar-refractivity contribution in [2.45, 2.75) is 6.42 Å². The third-order valence-electron chi connectivity index (χ3n) is 4.34. The predicted molar refractivity (Wildman–Crippen MR) is 94.5 cm³/mol. The topological polar surface area (TPSA) is 82.6 Å². The van der Waals surface area contributed by atoms with Crippen LogP contribution in [-0.4, -0.2) is 60.0 Å². The number of carbonyl (C=O) groups excluding carboxylic acids is 1. The maximum atomic E-state index is 11.5. The van der Waals surface area contributed by atoms with Crippen molar-refractivity contribution in [1.29, 1.82) is 0 Å². The van der Waals surface area contributed by atoms with Gasteiger partial charge in [0.1, 0.15) is 5.75 Å². The molecule has 1 aromatic heterocycles. The molecule has 3 rings (SSSR count). The van der Waals surface area contributed by atoms with Crippen LogP contribution >= 0.6 is 0 Å². The van der Waals surface area contributed by atoms with Gasteiger partial charge in [0.05, 0.1) is 25.5 Å². The quantitative estimate of drug-likeness (QED) is 0.765.